The van der Waals surface area contributed by atoms with Gasteiger partial charge in [0.05, 0.1) is 12.1 Å². The molecule has 21 heavy (non-hydrogen) atoms. The largest absolute Gasteiger partial charge is 0.340 e. The predicted molar refractivity (Wildman–Crippen MR) is 72.2 cm³/mol. The highest BCUT2D eigenvalue weighted by Gasteiger charge is 2.18. The number of halogens is 3. The van der Waals surface area contributed by atoms with Crippen LogP contribution in [0.25, 0.3) is 11.0 Å². The van der Waals surface area contributed by atoms with Crippen molar-refractivity contribution < 1.29 is 13.3 Å². The maximum atomic E-state index is 14.1. The van der Waals surface area contributed by atoms with Crippen LogP contribution in [0.5, 0.6) is 0 Å². The van der Waals surface area contributed by atoms with Gasteiger partial charge in [0, 0.05) is 19.2 Å². The van der Waals surface area contributed by atoms with Crippen LogP contribution in [0.4, 0.5) is 8.78 Å². The van der Waals surface area contributed by atoms with Crippen LogP contribution < -0.4 is 0 Å². The number of nitrogens with zero attached hydrogens (tertiary/aromatic N) is 4. The zero-order valence-corrected chi connectivity index (χ0v) is 11.9. The summed E-state index contributed by atoms with van der Waals surface area (Å²) < 4.78 is 34.0. The van der Waals surface area contributed by atoms with Gasteiger partial charge < -0.3 is 9.09 Å². The smallest absolute Gasteiger partial charge is 0.223 e. The number of imidazole rings is 1. The Labute approximate surface area is 123 Å². The molecule has 0 fully saturated rings. The Bertz CT molecular complexity index is 799. The molecule has 3 rings (SSSR count). The molecule has 0 N–H and O–H groups in total. The quantitative estimate of drug-likeness (QED) is 0.695. The van der Waals surface area contributed by atoms with Crippen molar-refractivity contribution in [3.05, 3.63) is 41.3 Å². The van der Waals surface area contributed by atoms with E-state index < -0.39 is 11.6 Å². The fraction of sp³-hybridized carbons (Fsp3) is 0.308. The molecule has 1 aromatic carbocycles. The molecule has 5 nitrogen and oxygen atoms in total. The van der Waals surface area contributed by atoms with Gasteiger partial charge in [-0.2, -0.15) is 4.98 Å². The lowest BCUT2D eigenvalue weighted by atomic mass is 10.3. The molecule has 2 heterocycles. The zero-order chi connectivity index (χ0) is 15.0. The standard InChI is InChI=1S/C13H11ClF2N4O/c1-7-17-10(19-21-7)6-20-11(4-5-14)18-9-3-2-8(15)12(16)13(9)20/h2-3H,4-6H2,1H3. The van der Waals surface area contributed by atoms with Crippen LogP contribution in [0.1, 0.15) is 17.5 Å². The molecule has 2 aromatic heterocycles. The van der Waals surface area contributed by atoms with Crippen LogP contribution in [0, 0.1) is 18.6 Å². The fourth-order valence-electron chi connectivity index (χ4n) is 2.20. The van der Waals surface area contributed by atoms with E-state index in [0.29, 0.717) is 35.4 Å². The van der Waals surface area contributed by atoms with Crippen LogP contribution in [0.2, 0.25) is 0 Å². The number of hydrogen-bond donors (Lipinski definition) is 0. The van der Waals surface area contributed by atoms with Gasteiger partial charge in [0.2, 0.25) is 5.89 Å². The lowest BCUT2D eigenvalue weighted by Crippen LogP contribution is -2.08. The van der Waals surface area contributed by atoms with E-state index in [1.54, 1.807) is 6.92 Å². The molecule has 0 saturated carbocycles. The van der Waals surface area contributed by atoms with Crippen molar-refractivity contribution in [3.63, 3.8) is 0 Å². The van der Waals surface area contributed by atoms with Gasteiger partial charge in [0.1, 0.15) is 11.3 Å². The van der Waals surface area contributed by atoms with E-state index in [9.17, 15) is 8.78 Å². The van der Waals surface area contributed by atoms with Crippen molar-refractivity contribution in [1.82, 2.24) is 19.7 Å². The minimum atomic E-state index is -0.943. The average molecular weight is 313 g/mol. The topological polar surface area (TPSA) is 56.7 Å². The summed E-state index contributed by atoms with van der Waals surface area (Å²) >= 11 is 5.74. The number of fused-ring (bicyclic) bond motifs is 1. The molecule has 110 valence electrons. The molecule has 0 radical (unpaired) electrons. The maximum absolute atomic E-state index is 14.1. The van der Waals surface area contributed by atoms with Crippen molar-refractivity contribution in [2.45, 2.75) is 19.9 Å². The molecule has 0 aliphatic rings. The van der Waals surface area contributed by atoms with Gasteiger partial charge in [0.25, 0.3) is 0 Å². The third kappa shape index (κ3) is 2.49. The van der Waals surface area contributed by atoms with Crippen LogP contribution in [-0.4, -0.2) is 25.6 Å². The normalized spacial score (nSPS) is 11.4. The Hall–Kier alpha value is -2.02. The lowest BCUT2D eigenvalue weighted by Gasteiger charge is -2.06. The Balaban J connectivity index is 2.16. The average Bonchev–Trinajstić information content (AvgIpc) is 3.00. The SMILES string of the molecule is Cc1nc(Cn2c(CCCl)nc3ccc(F)c(F)c32)no1. The Morgan fingerprint density at radius 3 is 2.76 bits per heavy atom. The first kappa shape index (κ1) is 13.9. The fourth-order valence-corrected chi connectivity index (χ4v) is 2.37. The molecule has 0 unspecified atom stereocenters. The summed E-state index contributed by atoms with van der Waals surface area (Å²) in [5.74, 6) is -0.233. The molecular weight excluding hydrogens is 302 g/mol. The molecule has 0 spiro atoms. The van der Waals surface area contributed by atoms with Gasteiger partial charge in [-0.15, -0.1) is 11.6 Å². The van der Waals surface area contributed by atoms with Crippen molar-refractivity contribution in [1.29, 1.82) is 0 Å². The Morgan fingerprint density at radius 2 is 2.10 bits per heavy atom. The molecule has 0 aliphatic carbocycles. The van der Waals surface area contributed by atoms with Gasteiger partial charge in [-0.1, -0.05) is 5.16 Å². The van der Waals surface area contributed by atoms with Gasteiger partial charge >= 0.3 is 0 Å². The van der Waals surface area contributed by atoms with Gasteiger partial charge in [-0.05, 0) is 12.1 Å². The zero-order valence-electron chi connectivity index (χ0n) is 11.1. The third-order valence-corrected chi connectivity index (χ3v) is 3.25. The van der Waals surface area contributed by atoms with Crippen LogP contribution in [0.15, 0.2) is 16.7 Å². The van der Waals surface area contributed by atoms with E-state index in [0.717, 1.165) is 6.07 Å². The van der Waals surface area contributed by atoms with Crippen molar-refractivity contribution in [3.8, 4) is 0 Å². The number of aryl methyl sites for hydroxylation is 2. The second-order valence-corrected chi connectivity index (χ2v) is 4.89. The monoisotopic (exact) mass is 312 g/mol. The van der Waals surface area contributed by atoms with Crippen LogP contribution in [0.3, 0.4) is 0 Å². The third-order valence-electron chi connectivity index (χ3n) is 3.07. The van der Waals surface area contributed by atoms with E-state index in [1.165, 1.54) is 10.6 Å². The molecule has 8 heteroatoms. The summed E-state index contributed by atoms with van der Waals surface area (Å²) in [4.78, 5) is 8.36. The molecule has 0 aliphatic heterocycles. The van der Waals surface area contributed by atoms with Crippen molar-refractivity contribution >= 4 is 22.6 Å². The second kappa shape index (κ2) is 5.40. The first-order valence-electron chi connectivity index (χ1n) is 6.28. The Kier molecular flexibility index (Phi) is 3.59. The minimum Gasteiger partial charge on any atom is -0.340 e. The number of hydrogen-bond acceptors (Lipinski definition) is 4. The number of aromatic nitrogens is 4. The highest BCUT2D eigenvalue weighted by Crippen LogP contribution is 2.23. The summed E-state index contributed by atoms with van der Waals surface area (Å²) in [7, 11) is 0. The molecule has 0 bridgehead atoms. The molecule has 0 amide bonds. The predicted octanol–water partition coefficient (Wildman–Crippen LogP) is 2.84. The van der Waals surface area contributed by atoms with Crippen LogP contribution >= 0.6 is 11.6 Å². The number of benzene rings is 1. The number of alkyl halides is 1. The Morgan fingerprint density at radius 1 is 1.29 bits per heavy atom. The van der Waals surface area contributed by atoms with Gasteiger partial charge in [0.15, 0.2) is 17.5 Å². The van der Waals surface area contributed by atoms with Gasteiger partial charge in [-0.25, -0.2) is 13.8 Å². The second-order valence-electron chi connectivity index (χ2n) is 4.51. The highest BCUT2D eigenvalue weighted by atomic mass is 35.5. The minimum absolute atomic E-state index is 0.0811. The van der Waals surface area contributed by atoms with Crippen LogP contribution in [-0.2, 0) is 13.0 Å². The molecule has 0 atom stereocenters. The van der Waals surface area contributed by atoms with Gasteiger partial charge in [-0.3, -0.25) is 0 Å². The molecular formula is C13H11ClF2N4O. The summed E-state index contributed by atoms with van der Waals surface area (Å²) in [5.41, 5.74) is 0.451. The molecule has 0 saturated heterocycles. The summed E-state index contributed by atoms with van der Waals surface area (Å²) in [6.07, 6.45) is 0.425. The first-order chi connectivity index (χ1) is 10.1. The highest BCUT2D eigenvalue weighted by molar-refractivity contribution is 6.17. The number of rotatable bonds is 4. The maximum Gasteiger partial charge on any atom is 0.223 e. The summed E-state index contributed by atoms with van der Waals surface area (Å²) in [5, 5.41) is 3.77. The van der Waals surface area contributed by atoms with Crippen molar-refractivity contribution in [2.75, 3.05) is 5.88 Å². The van der Waals surface area contributed by atoms with E-state index in [-0.39, 0.29) is 12.1 Å². The van der Waals surface area contributed by atoms with E-state index >= 15 is 0 Å². The van der Waals surface area contributed by atoms with E-state index in [2.05, 4.69) is 15.1 Å². The van der Waals surface area contributed by atoms with Crippen molar-refractivity contribution in [2.24, 2.45) is 0 Å². The first-order valence-corrected chi connectivity index (χ1v) is 6.82. The lowest BCUT2D eigenvalue weighted by molar-refractivity contribution is 0.386. The summed E-state index contributed by atoms with van der Waals surface area (Å²) in [6, 6.07) is 2.49. The summed E-state index contributed by atoms with van der Waals surface area (Å²) in [6.45, 7) is 1.79. The molecule has 3 aromatic rings. The van der Waals surface area contributed by atoms with E-state index in [1.807, 2.05) is 0 Å². The van der Waals surface area contributed by atoms with E-state index in [4.69, 9.17) is 16.1 Å².